The SMILES string of the molecule is CC(C)c1cc(C#N)cc2nc(-c3ccc(COCC4CCN(c5nccc(C(F)(F)F)n5)CC4)cc3)oc12. The monoisotopic (exact) mass is 535 g/mol. The Hall–Kier alpha value is -3.97. The number of oxazole rings is 1. The molecule has 1 aliphatic rings. The van der Waals surface area contributed by atoms with Crippen LogP contribution in [0.2, 0.25) is 0 Å². The Labute approximate surface area is 224 Å². The number of hydrogen-bond donors (Lipinski definition) is 0. The number of hydrogen-bond acceptors (Lipinski definition) is 7. The lowest BCUT2D eigenvalue weighted by molar-refractivity contribution is -0.141. The quantitative estimate of drug-likeness (QED) is 0.259. The Morgan fingerprint density at radius 3 is 2.51 bits per heavy atom. The van der Waals surface area contributed by atoms with Crippen LogP contribution in [0.15, 0.2) is 53.1 Å². The highest BCUT2D eigenvalue weighted by Crippen LogP contribution is 2.32. The molecule has 1 saturated heterocycles. The number of halogens is 3. The average Bonchev–Trinajstić information content (AvgIpc) is 3.37. The number of nitriles is 1. The van der Waals surface area contributed by atoms with Gasteiger partial charge in [0.2, 0.25) is 11.8 Å². The first kappa shape index (κ1) is 26.6. The summed E-state index contributed by atoms with van der Waals surface area (Å²) in [7, 11) is 0. The normalized spacial score (nSPS) is 14.7. The summed E-state index contributed by atoms with van der Waals surface area (Å²) in [6.07, 6.45) is -1.74. The van der Waals surface area contributed by atoms with E-state index in [1.54, 1.807) is 11.0 Å². The van der Waals surface area contributed by atoms with E-state index < -0.39 is 11.9 Å². The molecule has 0 bridgehead atoms. The smallest absolute Gasteiger partial charge is 0.433 e. The van der Waals surface area contributed by atoms with E-state index in [0.29, 0.717) is 54.8 Å². The van der Waals surface area contributed by atoms with Gasteiger partial charge < -0.3 is 14.1 Å². The van der Waals surface area contributed by atoms with Crippen LogP contribution in [0.4, 0.5) is 19.1 Å². The van der Waals surface area contributed by atoms with Crippen LogP contribution >= 0.6 is 0 Å². The molecule has 0 aliphatic carbocycles. The predicted octanol–water partition coefficient (Wildman–Crippen LogP) is 6.73. The predicted molar refractivity (Wildman–Crippen MR) is 140 cm³/mol. The number of anilines is 1. The summed E-state index contributed by atoms with van der Waals surface area (Å²) >= 11 is 0. The van der Waals surface area contributed by atoms with E-state index in [9.17, 15) is 18.4 Å². The maximum absolute atomic E-state index is 13.0. The number of ether oxygens (including phenoxy) is 1. The zero-order chi connectivity index (χ0) is 27.6. The number of aromatic nitrogens is 3. The zero-order valence-corrected chi connectivity index (χ0v) is 21.7. The van der Waals surface area contributed by atoms with E-state index in [4.69, 9.17) is 9.15 Å². The minimum absolute atomic E-state index is 0.120. The van der Waals surface area contributed by atoms with Crippen molar-refractivity contribution in [3.63, 3.8) is 0 Å². The fourth-order valence-electron chi connectivity index (χ4n) is 4.72. The first-order valence-corrected chi connectivity index (χ1v) is 12.9. The van der Waals surface area contributed by atoms with Gasteiger partial charge in [-0.1, -0.05) is 26.0 Å². The van der Waals surface area contributed by atoms with Crippen molar-refractivity contribution in [3.05, 3.63) is 71.0 Å². The number of benzene rings is 2. The number of alkyl halides is 3. The molecule has 0 amide bonds. The lowest BCUT2D eigenvalue weighted by Crippen LogP contribution is -2.36. The summed E-state index contributed by atoms with van der Waals surface area (Å²) in [6, 6.07) is 14.5. The lowest BCUT2D eigenvalue weighted by Gasteiger charge is -2.32. The number of piperidine rings is 1. The van der Waals surface area contributed by atoms with Crippen LogP contribution in [-0.4, -0.2) is 34.6 Å². The van der Waals surface area contributed by atoms with Crippen LogP contribution in [0, 0.1) is 17.2 Å². The van der Waals surface area contributed by atoms with Crippen molar-refractivity contribution < 1.29 is 22.3 Å². The molecule has 0 saturated carbocycles. The van der Waals surface area contributed by atoms with Gasteiger partial charge in [0.1, 0.15) is 11.2 Å². The third-order valence-electron chi connectivity index (χ3n) is 6.92. The molecule has 39 heavy (non-hydrogen) atoms. The Kier molecular flexibility index (Phi) is 7.53. The summed E-state index contributed by atoms with van der Waals surface area (Å²) in [5, 5.41) is 9.34. The van der Waals surface area contributed by atoms with Crippen molar-refractivity contribution in [2.24, 2.45) is 5.92 Å². The molecule has 0 spiro atoms. The summed E-state index contributed by atoms with van der Waals surface area (Å²) in [4.78, 5) is 14.1. The second-order valence-corrected chi connectivity index (χ2v) is 10.1. The van der Waals surface area contributed by atoms with Gasteiger partial charge in [-0.05, 0) is 60.6 Å². The van der Waals surface area contributed by atoms with Crippen molar-refractivity contribution in [1.29, 1.82) is 5.26 Å². The molecule has 0 N–H and O–H groups in total. The van der Waals surface area contributed by atoms with E-state index in [0.717, 1.165) is 41.8 Å². The zero-order valence-electron chi connectivity index (χ0n) is 21.7. The fraction of sp³-hybridized carbons (Fsp3) is 0.379. The molecule has 7 nitrogen and oxygen atoms in total. The number of fused-ring (bicyclic) bond motifs is 1. The standard InChI is InChI=1S/C29H28F3N5O2/c1-18(2)23-13-21(15-33)14-24-26(23)39-27(35-24)22-5-3-19(4-6-22)16-38-17-20-8-11-37(12-9-20)28-34-10-7-25(36-28)29(30,31)32/h3-7,10,13-14,18,20H,8-9,11-12,16-17H2,1-2H3. The van der Waals surface area contributed by atoms with Crippen LogP contribution in [0.5, 0.6) is 0 Å². The molecule has 4 aromatic rings. The average molecular weight is 536 g/mol. The first-order valence-electron chi connectivity index (χ1n) is 12.9. The number of nitrogens with zero attached hydrogens (tertiary/aromatic N) is 5. The third kappa shape index (κ3) is 6.04. The van der Waals surface area contributed by atoms with Gasteiger partial charge in [0.25, 0.3) is 0 Å². The second-order valence-electron chi connectivity index (χ2n) is 10.1. The first-order chi connectivity index (χ1) is 18.7. The number of rotatable bonds is 7. The van der Waals surface area contributed by atoms with Crippen LogP contribution in [0.3, 0.4) is 0 Å². The van der Waals surface area contributed by atoms with Crippen LogP contribution in [-0.2, 0) is 17.5 Å². The van der Waals surface area contributed by atoms with Crippen molar-refractivity contribution in [1.82, 2.24) is 15.0 Å². The van der Waals surface area contributed by atoms with Crippen LogP contribution < -0.4 is 4.90 Å². The molecule has 10 heteroatoms. The van der Waals surface area contributed by atoms with Crippen LogP contribution in [0.1, 0.15) is 55.0 Å². The van der Waals surface area contributed by atoms with Crippen molar-refractivity contribution in [3.8, 4) is 17.5 Å². The van der Waals surface area contributed by atoms with E-state index in [2.05, 4.69) is 34.9 Å². The summed E-state index contributed by atoms with van der Waals surface area (Å²) < 4.78 is 50.9. The molecule has 2 aromatic carbocycles. The van der Waals surface area contributed by atoms with E-state index in [1.165, 1.54) is 0 Å². The fourth-order valence-corrected chi connectivity index (χ4v) is 4.72. The molecule has 202 valence electrons. The van der Waals surface area contributed by atoms with Gasteiger partial charge in [-0.2, -0.15) is 18.4 Å². The van der Waals surface area contributed by atoms with Gasteiger partial charge in [0, 0.05) is 37.0 Å². The van der Waals surface area contributed by atoms with Gasteiger partial charge in [-0.15, -0.1) is 0 Å². The molecule has 5 rings (SSSR count). The summed E-state index contributed by atoms with van der Waals surface area (Å²) in [5.74, 6) is 1.14. The molecule has 0 atom stereocenters. The minimum Gasteiger partial charge on any atom is -0.436 e. The van der Waals surface area contributed by atoms with Crippen molar-refractivity contribution in [2.75, 3.05) is 24.6 Å². The maximum atomic E-state index is 13.0. The van der Waals surface area contributed by atoms with Gasteiger partial charge in [0.05, 0.1) is 18.2 Å². The summed E-state index contributed by atoms with van der Waals surface area (Å²) in [6.45, 7) is 6.31. The second kappa shape index (κ2) is 11.0. The molecule has 3 heterocycles. The molecular formula is C29H28F3N5O2. The van der Waals surface area contributed by atoms with Crippen molar-refractivity contribution >= 4 is 17.0 Å². The molecule has 1 fully saturated rings. The Bertz CT molecular complexity index is 1480. The van der Waals surface area contributed by atoms with E-state index in [-0.39, 0.29) is 11.9 Å². The third-order valence-corrected chi connectivity index (χ3v) is 6.92. The molecular weight excluding hydrogens is 507 g/mol. The molecule has 0 radical (unpaired) electrons. The minimum atomic E-state index is -4.48. The van der Waals surface area contributed by atoms with Crippen LogP contribution in [0.25, 0.3) is 22.6 Å². The highest BCUT2D eigenvalue weighted by Gasteiger charge is 2.33. The topological polar surface area (TPSA) is 88.1 Å². The van der Waals surface area contributed by atoms with E-state index >= 15 is 0 Å². The van der Waals surface area contributed by atoms with Gasteiger partial charge >= 0.3 is 6.18 Å². The highest BCUT2D eigenvalue weighted by atomic mass is 19.4. The van der Waals surface area contributed by atoms with Crippen molar-refractivity contribution in [2.45, 2.75) is 45.4 Å². The van der Waals surface area contributed by atoms with E-state index in [1.807, 2.05) is 30.3 Å². The summed E-state index contributed by atoms with van der Waals surface area (Å²) in [5.41, 5.74) is 3.83. The Morgan fingerprint density at radius 1 is 1.10 bits per heavy atom. The Morgan fingerprint density at radius 2 is 1.85 bits per heavy atom. The largest absolute Gasteiger partial charge is 0.436 e. The lowest BCUT2D eigenvalue weighted by atomic mass is 9.98. The van der Waals surface area contributed by atoms with Gasteiger partial charge in [-0.3, -0.25) is 0 Å². The molecule has 0 unspecified atom stereocenters. The Balaban J connectivity index is 1.14. The van der Waals surface area contributed by atoms with Gasteiger partial charge in [0.15, 0.2) is 5.58 Å². The maximum Gasteiger partial charge on any atom is 0.433 e. The van der Waals surface area contributed by atoms with Gasteiger partial charge in [-0.25, -0.2) is 15.0 Å². The highest BCUT2D eigenvalue weighted by molar-refractivity contribution is 5.81. The molecule has 1 aliphatic heterocycles. The molecule has 2 aromatic heterocycles.